The summed E-state index contributed by atoms with van der Waals surface area (Å²) in [6, 6.07) is 7.97. The summed E-state index contributed by atoms with van der Waals surface area (Å²) in [5.74, 6) is 2.23. The Balaban J connectivity index is 1.87. The van der Waals surface area contributed by atoms with E-state index in [1.165, 1.54) is 0 Å². The van der Waals surface area contributed by atoms with E-state index in [0.717, 1.165) is 48.4 Å². The molecule has 2 N–H and O–H groups in total. The zero-order valence-electron chi connectivity index (χ0n) is 18.2. The first-order valence-corrected chi connectivity index (χ1v) is 10.0. The van der Waals surface area contributed by atoms with Gasteiger partial charge in [-0.05, 0) is 36.9 Å². The largest absolute Gasteiger partial charge is 0.493 e. The monoisotopic (exact) mass is 402 g/mol. The van der Waals surface area contributed by atoms with Crippen LogP contribution in [0.5, 0.6) is 11.5 Å². The van der Waals surface area contributed by atoms with Crippen LogP contribution >= 0.6 is 0 Å². The molecule has 0 radical (unpaired) electrons. The molecule has 0 unspecified atom stereocenters. The third-order valence-electron chi connectivity index (χ3n) is 4.83. The summed E-state index contributed by atoms with van der Waals surface area (Å²) >= 11 is 0. The normalized spacial score (nSPS) is 11.6. The third-order valence-corrected chi connectivity index (χ3v) is 4.83. The number of methoxy groups -OCH3 is 1. The highest BCUT2D eigenvalue weighted by atomic mass is 16.5. The summed E-state index contributed by atoms with van der Waals surface area (Å²) in [5.41, 5.74) is 2.17. The third kappa shape index (κ3) is 6.98. The molecule has 2 aromatic rings. The van der Waals surface area contributed by atoms with Crippen molar-refractivity contribution in [2.75, 3.05) is 40.4 Å². The molecule has 1 aromatic heterocycles. The van der Waals surface area contributed by atoms with Crippen LogP contribution < -0.4 is 20.1 Å². The lowest BCUT2D eigenvalue weighted by atomic mass is 10.2. The van der Waals surface area contributed by atoms with Crippen LogP contribution in [0.4, 0.5) is 0 Å². The minimum Gasteiger partial charge on any atom is -0.493 e. The predicted octanol–water partition coefficient (Wildman–Crippen LogP) is 2.01. The lowest BCUT2D eigenvalue weighted by Crippen LogP contribution is -2.36. The highest BCUT2D eigenvalue weighted by molar-refractivity contribution is 5.79. The number of guanidine groups is 1. The maximum atomic E-state index is 5.92. The minimum atomic E-state index is 0.626. The second kappa shape index (κ2) is 12.0. The summed E-state index contributed by atoms with van der Waals surface area (Å²) in [5, 5.41) is 10.8. The molecule has 0 spiro atoms. The maximum Gasteiger partial charge on any atom is 0.191 e. The Labute approximate surface area is 173 Å². The summed E-state index contributed by atoms with van der Waals surface area (Å²) in [4.78, 5) is 6.60. The molecule has 29 heavy (non-hydrogen) atoms. The van der Waals surface area contributed by atoms with Gasteiger partial charge < -0.3 is 25.0 Å². The molecule has 0 fully saturated rings. The zero-order valence-corrected chi connectivity index (χ0v) is 18.2. The van der Waals surface area contributed by atoms with Gasteiger partial charge in [-0.25, -0.2) is 0 Å². The van der Waals surface area contributed by atoms with Crippen LogP contribution in [-0.2, 0) is 20.1 Å². The fourth-order valence-electron chi connectivity index (χ4n) is 2.92. The number of nitrogens with one attached hydrogen (secondary N) is 2. The molecule has 8 nitrogen and oxygen atoms in total. The van der Waals surface area contributed by atoms with Crippen LogP contribution in [0.3, 0.4) is 0 Å². The summed E-state index contributed by atoms with van der Waals surface area (Å²) in [6.45, 7) is 9.18. The highest BCUT2D eigenvalue weighted by Crippen LogP contribution is 2.28. The van der Waals surface area contributed by atoms with E-state index < -0.39 is 0 Å². The van der Waals surface area contributed by atoms with Gasteiger partial charge in [0.25, 0.3) is 0 Å². The number of benzene rings is 1. The number of nitrogens with zero attached hydrogens (tertiary/aromatic N) is 4. The van der Waals surface area contributed by atoms with Crippen molar-refractivity contribution in [2.24, 2.45) is 12.0 Å². The van der Waals surface area contributed by atoms with Crippen molar-refractivity contribution in [3.8, 4) is 11.5 Å². The topological polar surface area (TPSA) is 75.9 Å². The lowest BCUT2D eigenvalue weighted by Gasteiger charge is -2.19. The number of hydrogen-bond acceptors (Lipinski definition) is 5. The van der Waals surface area contributed by atoms with Crippen molar-refractivity contribution in [1.29, 1.82) is 0 Å². The Morgan fingerprint density at radius 3 is 2.52 bits per heavy atom. The molecule has 2 rings (SSSR count). The molecule has 1 heterocycles. The van der Waals surface area contributed by atoms with E-state index in [1.54, 1.807) is 20.4 Å². The SMILES string of the molecule is CCN(CC)CCOc1ccc(CNC(=NC)NCc2ccnn2C)cc1OC. The smallest absolute Gasteiger partial charge is 0.191 e. The van der Waals surface area contributed by atoms with E-state index in [1.807, 2.05) is 36.0 Å². The molecular formula is C21H34N6O2. The molecule has 1 aromatic carbocycles. The van der Waals surface area contributed by atoms with Crippen molar-refractivity contribution >= 4 is 5.96 Å². The predicted molar refractivity (Wildman–Crippen MR) is 117 cm³/mol. The quantitative estimate of drug-likeness (QED) is 0.442. The Morgan fingerprint density at radius 2 is 1.90 bits per heavy atom. The van der Waals surface area contributed by atoms with Crippen LogP contribution in [0.15, 0.2) is 35.5 Å². The zero-order chi connectivity index (χ0) is 21.1. The fraction of sp³-hybridized carbons (Fsp3) is 0.524. The van der Waals surface area contributed by atoms with Gasteiger partial charge in [-0.1, -0.05) is 19.9 Å². The van der Waals surface area contributed by atoms with Crippen LogP contribution in [-0.4, -0.2) is 61.0 Å². The first-order valence-electron chi connectivity index (χ1n) is 10.0. The van der Waals surface area contributed by atoms with Gasteiger partial charge in [0.1, 0.15) is 6.61 Å². The van der Waals surface area contributed by atoms with Crippen molar-refractivity contribution in [1.82, 2.24) is 25.3 Å². The highest BCUT2D eigenvalue weighted by Gasteiger charge is 2.08. The number of hydrogen-bond donors (Lipinski definition) is 2. The molecule has 0 saturated heterocycles. The molecule has 0 aliphatic rings. The Morgan fingerprint density at radius 1 is 1.14 bits per heavy atom. The second-order valence-corrected chi connectivity index (χ2v) is 6.59. The molecule has 0 bridgehead atoms. The summed E-state index contributed by atoms with van der Waals surface area (Å²) in [6.07, 6.45) is 1.78. The van der Waals surface area contributed by atoms with Crippen LogP contribution in [0.1, 0.15) is 25.1 Å². The fourth-order valence-corrected chi connectivity index (χ4v) is 2.92. The van der Waals surface area contributed by atoms with Gasteiger partial charge in [0.2, 0.25) is 0 Å². The molecule has 0 saturated carbocycles. The first kappa shape index (κ1) is 22.5. The lowest BCUT2D eigenvalue weighted by molar-refractivity contribution is 0.217. The van der Waals surface area contributed by atoms with E-state index in [2.05, 4.69) is 39.5 Å². The molecule has 0 atom stereocenters. The van der Waals surface area contributed by atoms with Gasteiger partial charge in [0.05, 0.1) is 19.3 Å². The molecule has 0 aliphatic heterocycles. The second-order valence-electron chi connectivity index (χ2n) is 6.59. The van der Waals surface area contributed by atoms with Gasteiger partial charge in [-0.3, -0.25) is 9.67 Å². The van der Waals surface area contributed by atoms with E-state index in [9.17, 15) is 0 Å². The van der Waals surface area contributed by atoms with Crippen LogP contribution in [0.25, 0.3) is 0 Å². The Kier molecular flexibility index (Phi) is 9.30. The van der Waals surface area contributed by atoms with Crippen LogP contribution in [0, 0.1) is 0 Å². The summed E-state index contributed by atoms with van der Waals surface area (Å²) in [7, 11) is 5.34. The Hall–Kier alpha value is -2.74. The molecule has 0 amide bonds. The van der Waals surface area contributed by atoms with E-state index in [4.69, 9.17) is 9.47 Å². The number of aryl methyl sites for hydroxylation is 1. The maximum absolute atomic E-state index is 5.92. The summed E-state index contributed by atoms with van der Waals surface area (Å²) < 4.78 is 13.3. The van der Waals surface area contributed by atoms with E-state index >= 15 is 0 Å². The van der Waals surface area contributed by atoms with Crippen molar-refractivity contribution in [3.63, 3.8) is 0 Å². The van der Waals surface area contributed by atoms with Gasteiger partial charge in [-0.2, -0.15) is 5.10 Å². The first-order chi connectivity index (χ1) is 14.1. The minimum absolute atomic E-state index is 0.626. The number of rotatable bonds is 11. The van der Waals surface area contributed by atoms with Crippen molar-refractivity contribution < 1.29 is 9.47 Å². The van der Waals surface area contributed by atoms with Gasteiger partial charge in [0, 0.05) is 33.4 Å². The van der Waals surface area contributed by atoms with Gasteiger partial charge >= 0.3 is 0 Å². The van der Waals surface area contributed by atoms with E-state index in [-0.39, 0.29) is 0 Å². The number of ether oxygens (including phenoxy) is 2. The van der Waals surface area contributed by atoms with Gasteiger partial charge in [-0.15, -0.1) is 0 Å². The van der Waals surface area contributed by atoms with Gasteiger partial charge in [0.15, 0.2) is 17.5 Å². The van der Waals surface area contributed by atoms with Crippen LogP contribution in [0.2, 0.25) is 0 Å². The van der Waals surface area contributed by atoms with E-state index in [0.29, 0.717) is 19.7 Å². The number of aromatic nitrogens is 2. The average Bonchev–Trinajstić information content (AvgIpc) is 3.16. The average molecular weight is 403 g/mol. The Bertz CT molecular complexity index is 770. The van der Waals surface area contributed by atoms with Crippen molar-refractivity contribution in [3.05, 3.63) is 41.7 Å². The molecule has 160 valence electrons. The molecule has 0 aliphatic carbocycles. The molecule has 8 heteroatoms. The standard InChI is InChI=1S/C21H34N6O2/c1-6-27(7-2)12-13-29-19-9-8-17(14-20(19)28-5)15-23-21(22-3)24-16-18-10-11-25-26(18)4/h8-11,14H,6-7,12-13,15-16H2,1-5H3,(H2,22,23,24). The molecular weight excluding hydrogens is 368 g/mol. The number of aliphatic imine (C=N–C) groups is 1. The number of likely N-dealkylation sites (N-methyl/N-ethyl adjacent to an activating group) is 1. The van der Waals surface area contributed by atoms with Crippen molar-refractivity contribution in [2.45, 2.75) is 26.9 Å².